The lowest BCUT2D eigenvalue weighted by atomic mass is 9.59. The SMILES string of the molecule is c1ccc(-c2nc3ccc(N4B5c6ccccc6-c6ccccc6N5c5ccccc54)cc3n2-c2ccccc2)cc1. The number of imidazole rings is 1. The average Bonchev–Trinajstić information content (AvgIpc) is 3.62. The van der Waals surface area contributed by atoms with Crippen LogP contribution in [0.5, 0.6) is 0 Å². The molecule has 0 radical (unpaired) electrons. The number of hydrogen-bond donors (Lipinski definition) is 0. The first-order chi connectivity index (χ1) is 20.9. The molecule has 0 spiro atoms. The molecule has 4 nitrogen and oxygen atoms in total. The molecule has 0 saturated carbocycles. The van der Waals surface area contributed by atoms with E-state index in [1.165, 1.54) is 33.7 Å². The van der Waals surface area contributed by atoms with Crippen LogP contribution in [0.3, 0.4) is 0 Å². The van der Waals surface area contributed by atoms with Gasteiger partial charge in [-0.2, -0.15) is 0 Å². The molecule has 0 atom stereocenters. The second-order valence-corrected chi connectivity index (χ2v) is 10.9. The highest BCUT2D eigenvalue weighted by Crippen LogP contribution is 2.51. The zero-order chi connectivity index (χ0) is 27.6. The van der Waals surface area contributed by atoms with Crippen LogP contribution in [-0.4, -0.2) is 16.5 Å². The van der Waals surface area contributed by atoms with E-state index in [-0.39, 0.29) is 6.98 Å². The van der Waals surface area contributed by atoms with Crippen LogP contribution in [0.15, 0.2) is 152 Å². The van der Waals surface area contributed by atoms with Gasteiger partial charge in [0.1, 0.15) is 5.82 Å². The Hall–Kier alpha value is -5.55. The van der Waals surface area contributed by atoms with E-state index < -0.39 is 0 Å². The van der Waals surface area contributed by atoms with Gasteiger partial charge < -0.3 is 9.62 Å². The van der Waals surface area contributed by atoms with Gasteiger partial charge in [0.25, 0.3) is 0 Å². The summed E-state index contributed by atoms with van der Waals surface area (Å²) in [5.74, 6) is 0.939. The van der Waals surface area contributed by atoms with E-state index >= 15 is 0 Å². The van der Waals surface area contributed by atoms with E-state index in [4.69, 9.17) is 4.98 Å². The van der Waals surface area contributed by atoms with Gasteiger partial charge in [0.15, 0.2) is 0 Å². The lowest BCUT2D eigenvalue weighted by Crippen LogP contribution is -2.55. The van der Waals surface area contributed by atoms with Crippen molar-refractivity contribution in [3.8, 4) is 28.2 Å². The van der Waals surface area contributed by atoms with Gasteiger partial charge >= 0.3 is 6.98 Å². The fourth-order valence-corrected chi connectivity index (χ4v) is 6.78. The van der Waals surface area contributed by atoms with Gasteiger partial charge in [-0.25, -0.2) is 4.98 Å². The molecular weight excluding hydrogens is 511 g/mol. The van der Waals surface area contributed by atoms with Gasteiger partial charge in [0, 0.05) is 28.2 Å². The highest BCUT2D eigenvalue weighted by atomic mass is 15.3. The minimum Gasteiger partial charge on any atom is -0.360 e. The first-order valence-corrected chi connectivity index (χ1v) is 14.4. The lowest BCUT2D eigenvalue weighted by Gasteiger charge is -2.36. The third-order valence-corrected chi connectivity index (χ3v) is 8.55. The summed E-state index contributed by atoms with van der Waals surface area (Å²) in [6.45, 7) is -0.00681. The second-order valence-electron chi connectivity index (χ2n) is 10.9. The van der Waals surface area contributed by atoms with E-state index in [0.29, 0.717) is 0 Å². The molecule has 3 heterocycles. The number of anilines is 4. The third-order valence-electron chi connectivity index (χ3n) is 8.55. The summed E-state index contributed by atoms with van der Waals surface area (Å²) < 4.78 is 2.29. The summed E-state index contributed by atoms with van der Waals surface area (Å²) in [4.78, 5) is 10.1. The molecule has 1 aromatic heterocycles. The van der Waals surface area contributed by atoms with Crippen molar-refractivity contribution in [2.24, 2.45) is 0 Å². The number of aromatic nitrogens is 2. The van der Waals surface area contributed by atoms with Crippen molar-refractivity contribution in [3.63, 3.8) is 0 Å². The van der Waals surface area contributed by atoms with Crippen LogP contribution < -0.4 is 15.1 Å². The van der Waals surface area contributed by atoms with Crippen LogP contribution in [0.25, 0.3) is 39.2 Å². The Morgan fingerprint density at radius 3 is 1.88 bits per heavy atom. The third kappa shape index (κ3) is 3.28. The monoisotopic (exact) mass is 536 g/mol. The number of nitrogens with zero attached hydrogens (tertiary/aromatic N) is 4. The molecule has 0 aliphatic carbocycles. The molecular formula is C37H25BN4. The zero-order valence-electron chi connectivity index (χ0n) is 22.8. The minimum atomic E-state index is -0.00681. The summed E-state index contributed by atoms with van der Waals surface area (Å²) in [5.41, 5.74) is 12.9. The maximum absolute atomic E-state index is 5.15. The van der Waals surface area contributed by atoms with Gasteiger partial charge in [-0.1, -0.05) is 103 Å². The van der Waals surface area contributed by atoms with E-state index in [9.17, 15) is 0 Å². The van der Waals surface area contributed by atoms with Gasteiger partial charge in [0.2, 0.25) is 0 Å². The molecule has 196 valence electrons. The predicted molar refractivity (Wildman–Crippen MR) is 174 cm³/mol. The molecule has 7 aromatic rings. The molecule has 5 heteroatoms. The first kappa shape index (κ1) is 23.2. The van der Waals surface area contributed by atoms with Crippen molar-refractivity contribution in [1.82, 2.24) is 9.55 Å². The maximum atomic E-state index is 5.15. The molecule has 9 rings (SSSR count). The second kappa shape index (κ2) is 8.98. The van der Waals surface area contributed by atoms with Crippen molar-refractivity contribution in [3.05, 3.63) is 152 Å². The van der Waals surface area contributed by atoms with E-state index in [2.05, 4.69) is 160 Å². The molecule has 2 aliphatic rings. The largest absolute Gasteiger partial charge is 0.421 e. The Morgan fingerprint density at radius 2 is 1.10 bits per heavy atom. The predicted octanol–water partition coefficient (Wildman–Crippen LogP) is 8.36. The van der Waals surface area contributed by atoms with E-state index in [1.807, 2.05) is 6.07 Å². The quantitative estimate of drug-likeness (QED) is 0.212. The number of para-hydroxylation sites is 4. The van der Waals surface area contributed by atoms with Gasteiger partial charge in [0.05, 0.1) is 22.4 Å². The van der Waals surface area contributed by atoms with Crippen molar-refractivity contribution < 1.29 is 0 Å². The summed E-state index contributed by atoms with van der Waals surface area (Å²) in [5, 5.41) is 0. The first-order valence-electron chi connectivity index (χ1n) is 14.4. The molecule has 6 aromatic carbocycles. The fraction of sp³-hybridized carbons (Fsp3) is 0. The van der Waals surface area contributed by atoms with Crippen molar-refractivity contribution >= 4 is 46.2 Å². The van der Waals surface area contributed by atoms with Crippen LogP contribution in [0.1, 0.15) is 0 Å². The van der Waals surface area contributed by atoms with E-state index in [1.54, 1.807) is 0 Å². The molecule has 42 heavy (non-hydrogen) atoms. The molecule has 0 fully saturated rings. The Morgan fingerprint density at radius 1 is 0.476 bits per heavy atom. The van der Waals surface area contributed by atoms with Crippen molar-refractivity contribution in [2.75, 3.05) is 9.62 Å². The highest BCUT2D eigenvalue weighted by molar-refractivity contribution is 6.86. The summed E-state index contributed by atoms with van der Waals surface area (Å²) in [7, 11) is 0. The molecule has 0 unspecified atom stereocenters. The maximum Gasteiger partial charge on any atom is 0.421 e. The number of benzene rings is 6. The van der Waals surface area contributed by atoms with Crippen LogP contribution in [-0.2, 0) is 0 Å². The summed E-state index contributed by atoms with van der Waals surface area (Å²) in [6.07, 6.45) is 0. The fourth-order valence-electron chi connectivity index (χ4n) is 6.78. The Labute approximate surface area is 244 Å². The van der Waals surface area contributed by atoms with E-state index in [0.717, 1.165) is 33.8 Å². The number of rotatable bonds is 3. The van der Waals surface area contributed by atoms with Crippen molar-refractivity contribution in [2.45, 2.75) is 0 Å². The standard InChI is InChI=1S/C37H25BN4/c1-3-13-26(14-4-1)37-39-32-24-23-28(25-36(32)40(37)27-15-5-2-6-16-27)41-34-21-11-12-22-35(34)42-33-20-10-8-18-30(33)29-17-7-9-19-31(29)38(41)42/h1-25H. The number of fused-ring (bicyclic) bond motifs is 9. The van der Waals surface area contributed by atoms with Gasteiger partial charge in [-0.05, 0) is 59.6 Å². The molecule has 0 bridgehead atoms. The van der Waals surface area contributed by atoms with Crippen LogP contribution in [0, 0.1) is 0 Å². The molecule has 2 aliphatic heterocycles. The minimum absolute atomic E-state index is 0.00681. The zero-order valence-corrected chi connectivity index (χ0v) is 22.8. The topological polar surface area (TPSA) is 24.3 Å². The Kier molecular flexibility index (Phi) is 4.96. The molecule has 0 amide bonds. The number of hydrogen-bond acceptors (Lipinski definition) is 3. The lowest BCUT2D eigenvalue weighted by molar-refractivity contribution is 1.10. The van der Waals surface area contributed by atoms with Crippen LogP contribution in [0.4, 0.5) is 22.7 Å². The molecule has 0 N–H and O–H groups in total. The van der Waals surface area contributed by atoms with Gasteiger partial charge in [-0.15, -0.1) is 0 Å². The van der Waals surface area contributed by atoms with Gasteiger partial charge in [-0.3, -0.25) is 4.57 Å². The summed E-state index contributed by atoms with van der Waals surface area (Å²) >= 11 is 0. The normalized spacial score (nSPS) is 13.1. The smallest absolute Gasteiger partial charge is 0.360 e. The average molecular weight is 536 g/mol. The van der Waals surface area contributed by atoms with Crippen LogP contribution >= 0.6 is 0 Å². The Balaban J connectivity index is 1.30. The van der Waals surface area contributed by atoms with Crippen LogP contribution in [0.2, 0.25) is 0 Å². The van der Waals surface area contributed by atoms with Crippen molar-refractivity contribution in [1.29, 1.82) is 0 Å². The Bertz CT molecular complexity index is 2120. The molecule has 0 saturated heterocycles. The summed E-state index contributed by atoms with van der Waals surface area (Å²) in [6, 6.07) is 54.1. The highest BCUT2D eigenvalue weighted by Gasteiger charge is 2.47.